The van der Waals surface area contributed by atoms with Crippen LogP contribution in [0.1, 0.15) is 12.6 Å². The van der Waals surface area contributed by atoms with Crippen LogP contribution in [-0.4, -0.2) is 28.0 Å². The Morgan fingerprint density at radius 3 is 2.74 bits per heavy atom. The summed E-state index contributed by atoms with van der Waals surface area (Å²) in [6, 6.07) is 1.74. The molecular weight excluding hydrogens is 268 g/mol. The summed E-state index contributed by atoms with van der Waals surface area (Å²) >= 11 is 0. The summed E-state index contributed by atoms with van der Waals surface area (Å²) in [5.74, 6) is -0.000596. The van der Waals surface area contributed by atoms with Crippen molar-refractivity contribution in [1.82, 2.24) is 24.3 Å². The molecule has 2 aromatic heterocycles. The van der Waals surface area contributed by atoms with Crippen LogP contribution in [0.25, 0.3) is 0 Å². The minimum Gasteiger partial charge on any atom is -0.381 e. The monoisotopic (exact) mass is 284 g/mol. The maximum atomic E-state index is 12.1. The van der Waals surface area contributed by atoms with Crippen LogP contribution < -0.4 is 10.5 Å². The number of nitrogens with zero attached hydrogens (tertiary/aromatic N) is 4. The highest BCUT2D eigenvalue weighted by Crippen LogP contribution is 2.16. The van der Waals surface area contributed by atoms with Gasteiger partial charge in [0, 0.05) is 26.0 Å². The van der Waals surface area contributed by atoms with Crippen molar-refractivity contribution >= 4 is 15.8 Å². The standard InChI is InChI=1S/C10H16N6O2S/c1-3-16-7-9(10(11)14-16)19(17,18)13-6-8-4-5-12-15(8)2/h4-5,7,13H,3,6H2,1-2H3,(H2,11,14). The molecule has 0 atom stereocenters. The first kappa shape index (κ1) is 13.6. The summed E-state index contributed by atoms with van der Waals surface area (Å²) in [5, 5.41) is 7.88. The van der Waals surface area contributed by atoms with E-state index < -0.39 is 10.0 Å². The van der Waals surface area contributed by atoms with Gasteiger partial charge in [-0.1, -0.05) is 0 Å². The number of aromatic nitrogens is 4. The van der Waals surface area contributed by atoms with Gasteiger partial charge in [0.2, 0.25) is 10.0 Å². The van der Waals surface area contributed by atoms with Crippen molar-refractivity contribution in [3.8, 4) is 0 Å². The molecule has 2 rings (SSSR count). The predicted octanol–water partition coefficient (Wildman–Crippen LogP) is -0.303. The van der Waals surface area contributed by atoms with Gasteiger partial charge in [-0.15, -0.1) is 0 Å². The lowest BCUT2D eigenvalue weighted by Crippen LogP contribution is -2.24. The lowest BCUT2D eigenvalue weighted by atomic mass is 10.4. The van der Waals surface area contributed by atoms with E-state index in [2.05, 4.69) is 14.9 Å². The quantitative estimate of drug-likeness (QED) is 0.783. The number of rotatable bonds is 5. The summed E-state index contributed by atoms with van der Waals surface area (Å²) in [7, 11) is -1.93. The molecule has 0 aliphatic rings. The van der Waals surface area contributed by atoms with Gasteiger partial charge < -0.3 is 5.73 Å². The van der Waals surface area contributed by atoms with E-state index in [1.807, 2.05) is 6.92 Å². The minimum atomic E-state index is -3.67. The highest BCUT2D eigenvalue weighted by Gasteiger charge is 2.21. The van der Waals surface area contributed by atoms with Crippen LogP contribution in [0, 0.1) is 0 Å². The number of nitrogens with one attached hydrogen (secondary N) is 1. The third-order valence-electron chi connectivity index (χ3n) is 2.73. The van der Waals surface area contributed by atoms with Crippen molar-refractivity contribution in [2.75, 3.05) is 5.73 Å². The van der Waals surface area contributed by atoms with Crippen LogP contribution in [0.4, 0.5) is 5.82 Å². The smallest absolute Gasteiger partial charge is 0.246 e. The number of nitrogen functional groups attached to an aromatic ring is 1. The molecule has 2 heterocycles. The zero-order valence-electron chi connectivity index (χ0n) is 10.7. The number of sulfonamides is 1. The van der Waals surface area contributed by atoms with Gasteiger partial charge in [-0.25, -0.2) is 13.1 Å². The van der Waals surface area contributed by atoms with Crippen molar-refractivity contribution < 1.29 is 8.42 Å². The van der Waals surface area contributed by atoms with E-state index in [-0.39, 0.29) is 17.3 Å². The van der Waals surface area contributed by atoms with Gasteiger partial charge >= 0.3 is 0 Å². The Balaban J connectivity index is 2.18. The molecule has 0 saturated heterocycles. The van der Waals surface area contributed by atoms with Crippen molar-refractivity contribution in [3.05, 3.63) is 24.2 Å². The molecule has 0 aromatic carbocycles. The Hall–Kier alpha value is -1.87. The highest BCUT2D eigenvalue weighted by atomic mass is 32.2. The minimum absolute atomic E-state index is 0.000596. The molecule has 19 heavy (non-hydrogen) atoms. The summed E-state index contributed by atoms with van der Waals surface area (Å²) in [6.07, 6.45) is 3.02. The summed E-state index contributed by atoms with van der Waals surface area (Å²) in [6.45, 7) is 2.56. The summed E-state index contributed by atoms with van der Waals surface area (Å²) < 4.78 is 29.8. The molecule has 0 saturated carbocycles. The van der Waals surface area contributed by atoms with E-state index in [0.717, 1.165) is 5.69 Å². The largest absolute Gasteiger partial charge is 0.381 e. The molecular formula is C10H16N6O2S. The van der Waals surface area contributed by atoms with E-state index in [1.165, 1.54) is 10.9 Å². The lowest BCUT2D eigenvalue weighted by molar-refractivity contribution is 0.577. The first-order valence-corrected chi connectivity index (χ1v) is 7.22. The van der Waals surface area contributed by atoms with Crippen LogP contribution in [0.15, 0.2) is 23.4 Å². The van der Waals surface area contributed by atoms with Gasteiger partial charge in [-0.05, 0) is 13.0 Å². The van der Waals surface area contributed by atoms with Crippen molar-refractivity contribution in [1.29, 1.82) is 0 Å². The topological polar surface area (TPSA) is 108 Å². The molecule has 0 radical (unpaired) electrons. The average Bonchev–Trinajstić information content (AvgIpc) is 2.93. The van der Waals surface area contributed by atoms with E-state index >= 15 is 0 Å². The molecule has 8 nitrogen and oxygen atoms in total. The second kappa shape index (κ2) is 5.02. The molecule has 104 valence electrons. The van der Waals surface area contributed by atoms with Crippen LogP contribution in [0.5, 0.6) is 0 Å². The Labute approximate surface area is 111 Å². The molecule has 3 N–H and O–H groups in total. The summed E-state index contributed by atoms with van der Waals surface area (Å²) in [4.78, 5) is -0.00322. The first-order chi connectivity index (χ1) is 8.94. The maximum absolute atomic E-state index is 12.1. The Kier molecular flexibility index (Phi) is 3.58. The van der Waals surface area contributed by atoms with E-state index in [9.17, 15) is 8.42 Å². The van der Waals surface area contributed by atoms with Crippen LogP contribution in [0.3, 0.4) is 0 Å². The highest BCUT2D eigenvalue weighted by molar-refractivity contribution is 7.89. The van der Waals surface area contributed by atoms with Gasteiger partial charge in [0.15, 0.2) is 5.82 Å². The molecule has 2 aromatic rings. The van der Waals surface area contributed by atoms with Crippen molar-refractivity contribution in [2.45, 2.75) is 24.9 Å². The van der Waals surface area contributed by atoms with Crippen LogP contribution in [-0.2, 0) is 30.2 Å². The molecule has 0 bridgehead atoms. The third-order valence-corrected chi connectivity index (χ3v) is 4.15. The number of anilines is 1. The first-order valence-electron chi connectivity index (χ1n) is 5.73. The number of aryl methyl sites for hydroxylation is 2. The zero-order valence-corrected chi connectivity index (χ0v) is 11.6. The molecule has 0 amide bonds. The molecule has 0 spiro atoms. The molecule has 0 unspecified atom stereocenters. The molecule has 9 heteroatoms. The van der Waals surface area contributed by atoms with E-state index in [0.29, 0.717) is 6.54 Å². The van der Waals surface area contributed by atoms with Crippen molar-refractivity contribution in [2.24, 2.45) is 7.05 Å². The number of nitrogens with two attached hydrogens (primary N) is 1. The molecule has 0 aliphatic heterocycles. The second-order valence-electron chi connectivity index (χ2n) is 4.00. The second-order valence-corrected chi connectivity index (χ2v) is 5.74. The lowest BCUT2D eigenvalue weighted by Gasteiger charge is -2.05. The van der Waals surface area contributed by atoms with E-state index in [1.54, 1.807) is 24.0 Å². The van der Waals surface area contributed by atoms with Gasteiger partial charge in [0.1, 0.15) is 4.90 Å². The van der Waals surface area contributed by atoms with Gasteiger partial charge in [-0.2, -0.15) is 10.2 Å². The van der Waals surface area contributed by atoms with Gasteiger partial charge in [0.25, 0.3) is 0 Å². The van der Waals surface area contributed by atoms with Crippen LogP contribution in [0.2, 0.25) is 0 Å². The third kappa shape index (κ3) is 2.76. The Morgan fingerprint density at radius 1 is 1.47 bits per heavy atom. The predicted molar refractivity (Wildman–Crippen MR) is 69.5 cm³/mol. The fourth-order valence-electron chi connectivity index (χ4n) is 1.61. The average molecular weight is 284 g/mol. The number of hydrogen-bond acceptors (Lipinski definition) is 5. The van der Waals surface area contributed by atoms with E-state index in [4.69, 9.17) is 5.73 Å². The SMILES string of the molecule is CCn1cc(S(=O)(=O)NCc2ccnn2C)c(N)n1. The fraction of sp³-hybridized carbons (Fsp3) is 0.400. The maximum Gasteiger partial charge on any atom is 0.246 e. The molecule has 0 aliphatic carbocycles. The Bertz CT molecular complexity index is 672. The van der Waals surface area contributed by atoms with Gasteiger partial charge in [0.05, 0.1) is 12.2 Å². The van der Waals surface area contributed by atoms with Crippen LogP contribution >= 0.6 is 0 Å². The zero-order chi connectivity index (χ0) is 14.0. The number of hydrogen-bond donors (Lipinski definition) is 2. The van der Waals surface area contributed by atoms with Gasteiger partial charge in [-0.3, -0.25) is 9.36 Å². The Morgan fingerprint density at radius 2 is 2.21 bits per heavy atom. The summed E-state index contributed by atoms with van der Waals surface area (Å²) in [5.41, 5.74) is 6.37. The normalized spacial score (nSPS) is 11.9. The van der Waals surface area contributed by atoms with Crippen molar-refractivity contribution in [3.63, 3.8) is 0 Å². The fourth-order valence-corrected chi connectivity index (χ4v) is 2.68. The molecule has 0 fully saturated rings.